The number of halogens is 1. The number of likely N-dealkylation sites (N-methyl/N-ethyl adjacent to an activating group) is 1. The fraction of sp³-hybridized carbons (Fsp3) is 0.533. The van der Waals surface area contributed by atoms with E-state index in [0.717, 1.165) is 36.2 Å². The lowest BCUT2D eigenvalue weighted by Crippen LogP contribution is -2.42. The molecule has 0 aromatic heterocycles. The number of nitrogens with one attached hydrogen (secondary N) is 1. The number of ether oxygens (including phenoxy) is 1. The third kappa shape index (κ3) is 4.49. The molecule has 1 heterocycles. The predicted octanol–water partition coefficient (Wildman–Crippen LogP) is 2.29. The first-order valence-corrected chi connectivity index (χ1v) is 7.80. The first kappa shape index (κ1) is 15.3. The van der Waals surface area contributed by atoms with Crippen molar-refractivity contribution in [2.24, 2.45) is 5.92 Å². The molecule has 0 saturated carbocycles. The van der Waals surface area contributed by atoms with Crippen LogP contribution in [0.1, 0.15) is 12.8 Å². The maximum Gasteiger partial charge on any atom is 0.226 e. The Labute approximate surface area is 128 Å². The quantitative estimate of drug-likeness (QED) is 0.894. The third-order valence-corrected chi connectivity index (χ3v) is 4.06. The Morgan fingerprint density at radius 3 is 2.85 bits per heavy atom. The summed E-state index contributed by atoms with van der Waals surface area (Å²) in [5, 5.41) is 3.27. The summed E-state index contributed by atoms with van der Waals surface area (Å²) in [6.45, 7) is 2.96. The summed E-state index contributed by atoms with van der Waals surface area (Å²) in [5.41, 5.74) is 0. The average molecular weight is 341 g/mol. The Kier molecular flexibility index (Phi) is 5.86. The van der Waals surface area contributed by atoms with Crippen molar-refractivity contribution in [1.29, 1.82) is 0 Å². The fourth-order valence-corrected chi connectivity index (χ4v) is 2.58. The average Bonchev–Trinajstić information content (AvgIpc) is 2.49. The number of rotatable bonds is 5. The van der Waals surface area contributed by atoms with Crippen LogP contribution in [0.25, 0.3) is 0 Å². The van der Waals surface area contributed by atoms with Gasteiger partial charge in [0.1, 0.15) is 12.4 Å². The molecular weight excluding hydrogens is 320 g/mol. The number of amides is 1. The normalized spacial score (nSPS) is 18.6. The van der Waals surface area contributed by atoms with Gasteiger partial charge in [0.2, 0.25) is 5.91 Å². The minimum atomic E-state index is 0.126. The van der Waals surface area contributed by atoms with Crippen molar-refractivity contribution in [3.8, 4) is 5.75 Å². The smallest absolute Gasteiger partial charge is 0.226 e. The van der Waals surface area contributed by atoms with Gasteiger partial charge in [0, 0.05) is 18.1 Å². The van der Waals surface area contributed by atoms with Crippen LogP contribution < -0.4 is 10.1 Å². The summed E-state index contributed by atoms with van der Waals surface area (Å²) in [4.78, 5) is 14.0. The van der Waals surface area contributed by atoms with E-state index in [0.29, 0.717) is 13.2 Å². The molecule has 20 heavy (non-hydrogen) atoms. The summed E-state index contributed by atoms with van der Waals surface area (Å²) >= 11 is 3.39. The molecule has 4 nitrogen and oxygen atoms in total. The van der Waals surface area contributed by atoms with Crippen LogP contribution in [-0.2, 0) is 4.79 Å². The van der Waals surface area contributed by atoms with Gasteiger partial charge in [0.25, 0.3) is 0 Å². The van der Waals surface area contributed by atoms with Crippen molar-refractivity contribution in [2.75, 3.05) is 33.3 Å². The number of benzene rings is 1. The van der Waals surface area contributed by atoms with E-state index in [1.54, 1.807) is 4.90 Å². The Balaban J connectivity index is 1.72. The van der Waals surface area contributed by atoms with Crippen LogP contribution in [-0.4, -0.2) is 44.1 Å². The Morgan fingerprint density at radius 1 is 1.45 bits per heavy atom. The minimum absolute atomic E-state index is 0.126. The van der Waals surface area contributed by atoms with E-state index in [-0.39, 0.29) is 11.8 Å². The molecular formula is C15H21BrN2O2. The van der Waals surface area contributed by atoms with Crippen molar-refractivity contribution < 1.29 is 9.53 Å². The minimum Gasteiger partial charge on any atom is -0.492 e. The molecule has 1 unspecified atom stereocenters. The number of hydrogen-bond acceptors (Lipinski definition) is 3. The van der Waals surface area contributed by atoms with Gasteiger partial charge in [0.15, 0.2) is 0 Å². The zero-order chi connectivity index (χ0) is 14.4. The molecule has 1 aliphatic rings. The van der Waals surface area contributed by atoms with Gasteiger partial charge in [-0.2, -0.15) is 0 Å². The molecule has 0 spiro atoms. The molecule has 2 rings (SSSR count). The number of nitrogens with zero attached hydrogens (tertiary/aromatic N) is 1. The number of carbonyl (C=O) groups excluding carboxylic acids is 1. The first-order chi connectivity index (χ1) is 9.66. The van der Waals surface area contributed by atoms with Crippen LogP contribution >= 0.6 is 15.9 Å². The zero-order valence-corrected chi connectivity index (χ0v) is 13.4. The topological polar surface area (TPSA) is 41.6 Å². The Bertz CT molecular complexity index is 430. The van der Waals surface area contributed by atoms with Gasteiger partial charge in [-0.25, -0.2) is 0 Å². The molecule has 1 saturated heterocycles. The number of piperidine rings is 1. The van der Waals surface area contributed by atoms with Crippen molar-refractivity contribution in [2.45, 2.75) is 12.8 Å². The maximum atomic E-state index is 12.2. The van der Waals surface area contributed by atoms with Gasteiger partial charge in [-0.3, -0.25) is 4.79 Å². The highest BCUT2D eigenvalue weighted by Crippen LogP contribution is 2.16. The largest absolute Gasteiger partial charge is 0.492 e. The Hall–Kier alpha value is -1.07. The van der Waals surface area contributed by atoms with Crippen molar-refractivity contribution in [1.82, 2.24) is 10.2 Å². The maximum absolute atomic E-state index is 12.2. The molecule has 1 aromatic carbocycles. The van der Waals surface area contributed by atoms with E-state index < -0.39 is 0 Å². The summed E-state index contributed by atoms with van der Waals surface area (Å²) in [5.74, 6) is 1.17. The monoisotopic (exact) mass is 340 g/mol. The van der Waals surface area contributed by atoms with E-state index in [1.165, 1.54) is 0 Å². The van der Waals surface area contributed by atoms with Crippen LogP contribution in [0.5, 0.6) is 5.75 Å². The SMILES string of the molecule is CN(CCOc1ccc(Br)cc1)C(=O)C1CCCNC1. The molecule has 1 atom stereocenters. The van der Waals surface area contributed by atoms with Crippen molar-refractivity contribution >= 4 is 21.8 Å². The third-order valence-electron chi connectivity index (χ3n) is 3.53. The van der Waals surface area contributed by atoms with Gasteiger partial charge in [-0.1, -0.05) is 15.9 Å². The summed E-state index contributed by atoms with van der Waals surface area (Å²) in [6, 6.07) is 7.71. The molecule has 1 aliphatic heterocycles. The second-order valence-electron chi connectivity index (χ2n) is 5.11. The van der Waals surface area contributed by atoms with Crippen LogP contribution in [0.2, 0.25) is 0 Å². The van der Waals surface area contributed by atoms with Crippen LogP contribution in [0.4, 0.5) is 0 Å². The Morgan fingerprint density at radius 2 is 2.20 bits per heavy atom. The van der Waals surface area contributed by atoms with Crippen LogP contribution in [0.15, 0.2) is 28.7 Å². The molecule has 1 N–H and O–H groups in total. The lowest BCUT2D eigenvalue weighted by molar-refractivity contribution is -0.135. The highest BCUT2D eigenvalue weighted by Gasteiger charge is 2.23. The zero-order valence-electron chi connectivity index (χ0n) is 11.8. The summed E-state index contributed by atoms with van der Waals surface area (Å²) in [6.07, 6.45) is 2.07. The second kappa shape index (κ2) is 7.64. The summed E-state index contributed by atoms with van der Waals surface area (Å²) in [7, 11) is 1.85. The molecule has 1 aromatic rings. The number of hydrogen-bond donors (Lipinski definition) is 1. The van der Waals surface area contributed by atoms with E-state index >= 15 is 0 Å². The highest BCUT2D eigenvalue weighted by atomic mass is 79.9. The van der Waals surface area contributed by atoms with E-state index in [4.69, 9.17) is 4.74 Å². The summed E-state index contributed by atoms with van der Waals surface area (Å²) < 4.78 is 6.67. The predicted molar refractivity (Wildman–Crippen MR) is 82.9 cm³/mol. The molecule has 1 amide bonds. The van der Waals surface area contributed by atoms with Crippen molar-refractivity contribution in [3.05, 3.63) is 28.7 Å². The van der Waals surface area contributed by atoms with Crippen LogP contribution in [0, 0.1) is 5.92 Å². The van der Waals surface area contributed by atoms with Crippen LogP contribution in [0.3, 0.4) is 0 Å². The first-order valence-electron chi connectivity index (χ1n) is 7.01. The van der Waals surface area contributed by atoms with Gasteiger partial charge >= 0.3 is 0 Å². The van der Waals surface area contributed by atoms with Gasteiger partial charge in [-0.15, -0.1) is 0 Å². The molecule has 1 fully saturated rings. The standard InChI is InChI=1S/C15H21BrN2O2/c1-18(15(19)12-3-2-8-17-11-12)9-10-20-14-6-4-13(16)5-7-14/h4-7,12,17H,2-3,8-11H2,1H3. The van der Waals surface area contributed by atoms with Gasteiger partial charge in [0.05, 0.1) is 12.5 Å². The van der Waals surface area contributed by atoms with E-state index in [2.05, 4.69) is 21.2 Å². The molecule has 0 bridgehead atoms. The van der Waals surface area contributed by atoms with Gasteiger partial charge < -0.3 is 15.0 Å². The molecule has 110 valence electrons. The molecule has 5 heteroatoms. The fourth-order valence-electron chi connectivity index (χ4n) is 2.32. The van der Waals surface area contributed by atoms with Crippen molar-refractivity contribution in [3.63, 3.8) is 0 Å². The number of carbonyl (C=O) groups is 1. The second-order valence-corrected chi connectivity index (χ2v) is 6.02. The lowest BCUT2D eigenvalue weighted by atomic mass is 9.98. The molecule has 0 radical (unpaired) electrons. The molecule has 0 aliphatic carbocycles. The highest BCUT2D eigenvalue weighted by molar-refractivity contribution is 9.10. The lowest BCUT2D eigenvalue weighted by Gasteiger charge is -2.27. The van der Waals surface area contributed by atoms with E-state index in [9.17, 15) is 4.79 Å². The van der Waals surface area contributed by atoms with Gasteiger partial charge in [-0.05, 0) is 43.7 Å². The van der Waals surface area contributed by atoms with E-state index in [1.807, 2.05) is 31.3 Å².